The zero-order chi connectivity index (χ0) is 28.3. The van der Waals surface area contributed by atoms with Crippen LogP contribution in [0, 0.1) is 0 Å². The molecular formula is C29H28O8S2-2. The third kappa shape index (κ3) is 6.70. The molecule has 0 bridgehead atoms. The van der Waals surface area contributed by atoms with Crippen LogP contribution in [0.25, 0.3) is 11.1 Å². The van der Waals surface area contributed by atoms with Crippen molar-refractivity contribution in [3.63, 3.8) is 0 Å². The van der Waals surface area contributed by atoms with Crippen LogP contribution in [0.4, 0.5) is 0 Å². The molecule has 0 fully saturated rings. The maximum Gasteiger partial charge on any atom is 0.193 e. The first kappa shape index (κ1) is 28.8. The number of carbonyl (C=O) groups excluding carboxylic acids is 2. The van der Waals surface area contributed by atoms with Crippen LogP contribution in [0.1, 0.15) is 75.9 Å². The number of fused-ring (bicyclic) bond motifs is 3. The van der Waals surface area contributed by atoms with Crippen molar-refractivity contribution in [1.82, 2.24) is 0 Å². The molecule has 0 atom stereocenters. The van der Waals surface area contributed by atoms with Gasteiger partial charge >= 0.3 is 0 Å². The van der Waals surface area contributed by atoms with Gasteiger partial charge in [-0.05, 0) is 54.0 Å². The second-order valence-corrected chi connectivity index (χ2v) is 12.9. The van der Waals surface area contributed by atoms with Crippen molar-refractivity contribution in [3.8, 4) is 11.1 Å². The lowest BCUT2D eigenvalue weighted by Gasteiger charge is -2.33. The largest absolute Gasteiger partial charge is 0.748 e. The lowest BCUT2D eigenvalue weighted by molar-refractivity contribution is 0.103. The van der Waals surface area contributed by atoms with Crippen LogP contribution in [0.3, 0.4) is 0 Å². The van der Waals surface area contributed by atoms with Crippen molar-refractivity contribution in [2.24, 2.45) is 0 Å². The Balaban J connectivity index is 1.75. The molecule has 0 spiro atoms. The number of carbonyl (C=O) groups is 2. The summed E-state index contributed by atoms with van der Waals surface area (Å²) in [5.74, 6) is -1.20. The van der Waals surface area contributed by atoms with Gasteiger partial charge in [-0.2, -0.15) is 0 Å². The van der Waals surface area contributed by atoms with Gasteiger partial charge in [0, 0.05) is 33.6 Å². The Morgan fingerprint density at radius 3 is 1.79 bits per heavy atom. The first-order valence-corrected chi connectivity index (χ1v) is 15.8. The molecule has 4 rings (SSSR count). The third-order valence-electron chi connectivity index (χ3n) is 7.33. The SMILES string of the molecule is O=Cc1ccc(C(=O)c2ccc3c(c2)C(CCCCS(=O)(=O)[O-])(CCCCS(=O)(=O)[O-])c2ccccc2-3)cc1. The quantitative estimate of drug-likeness (QED) is 0.127. The van der Waals surface area contributed by atoms with Crippen molar-refractivity contribution in [2.75, 3.05) is 11.5 Å². The summed E-state index contributed by atoms with van der Waals surface area (Å²) in [6.07, 6.45) is 2.82. The summed E-state index contributed by atoms with van der Waals surface area (Å²) in [7, 11) is -8.74. The Morgan fingerprint density at radius 2 is 1.23 bits per heavy atom. The molecule has 1 aliphatic rings. The van der Waals surface area contributed by atoms with E-state index in [1.165, 1.54) is 0 Å². The molecule has 0 saturated heterocycles. The average Bonchev–Trinajstić information content (AvgIpc) is 3.17. The molecule has 0 unspecified atom stereocenters. The molecule has 3 aromatic carbocycles. The molecule has 10 heteroatoms. The van der Waals surface area contributed by atoms with Crippen molar-refractivity contribution < 1.29 is 35.5 Å². The molecule has 0 N–H and O–H groups in total. The van der Waals surface area contributed by atoms with E-state index >= 15 is 0 Å². The minimum atomic E-state index is -4.37. The van der Waals surface area contributed by atoms with Gasteiger partial charge in [0.05, 0.1) is 20.2 Å². The van der Waals surface area contributed by atoms with Crippen molar-refractivity contribution in [2.45, 2.75) is 43.9 Å². The molecular weight excluding hydrogens is 540 g/mol. The van der Waals surface area contributed by atoms with Crippen molar-refractivity contribution in [1.29, 1.82) is 0 Å². The second-order valence-electron chi connectivity index (χ2n) is 9.89. The summed E-state index contributed by atoms with van der Waals surface area (Å²) in [6.45, 7) is 0. The van der Waals surface area contributed by atoms with Crippen LogP contribution in [-0.4, -0.2) is 49.5 Å². The van der Waals surface area contributed by atoms with Crippen molar-refractivity contribution in [3.05, 3.63) is 94.5 Å². The Morgan fingerprint density at radius 1 is 0.692 bits per heavy atom. The lowest BCUT2D eigenvalue weighted by atomic mass is 9.70. The fraction of sp³-hybridized carbons (Fsp3) is 0.310. The molecule has 206 valence electrons. The van der Waals surface area contributed by atoms with E-state index in [-0.39, 0.29) is 18.6 Å². The highest BCUT2D eigenvalue weighted by Gasteiger charge is 2.42. The van der Waals surface area contributed by atoms with Gasteiger partial charge in [0.1, 0.15) is 6.29 Å². The van der Waals surface area contributed by atoms with Crippen LogP contribution >= 0.6 is 0 Å². The highest BCUT2D eigenvalue weighted by atomic mass is 32.2. The van der Waals surface area contributed by atoms with Crippen molar-refractivity contribution >= 4 is 32.3 Å². The van der Waals surface area contributed by atoms with Gasteiger partial charge in [-0.1, -0.05) is 73.5 Å². The molecule has 1 aliphatic carbocycles. The Labute approximate surface area is 228 Å². The van der Waals surface area contributed by atoms with Gasteiger partial charge in [-0.15, -0.1) is 0 Å². The van der Waals surface area contributed by atoms with E-state index in [2.05, 4.69) is 0 Å². The molecule has 0 saturated carbocycles. The first-order valence-electron chi connectivity index (χ1n) is 12.6. The van der Waals surface area contributed by atoms with Gasteiger partial charge in [0.25, 0.3) is 0 Å². The summed E-state index contributed by atoms with van der Waals surface area (Å²) < 4.78 is 67.2. The second kappa shape index (κ2) is 11.5. The predicted octanol–water partition coefficient (Wildman–Crippen LogP) is 4.43. The summed E-state index contributed by atoms with van der Waals surface area (Å²) in [6, 6.07) is 19.5. The van der Waals surface area contributed by atoms with Crippen LogP contribution < -0.4 is 0 Å². The molecule has 0 heterocycles. The fourth-order valence-corrected chi connectivity index (χ4v) is 6.67. The number of benzene rings is 3. The topological polar surface area (TPSA) is 149 Å². The molecule has 0 amide bonds. The van der Waals surface area contributed by atoms with Crippen LogP contribution in [0.15, 0.2) is 66.7 Å². The van der Waals surface area contributed by atoms with Gasteiger partial charge in [-0.25, -0.2) is 16.8 Å². The van der Waals surface area contributed by atoms with E-state index in [0.717, 1.165) is 22.3 Å². The number of aldehydes is 1. The normalized spacial score (nSPS) is 14.0. The summed E-state index contributed by atoms with van der Waals surface area (Å²) in [4.78, 5) is 24.4. The zero-order valence-electron chi connectivity index (χ0n) is 21.2. The molecule has 0 radical (unpaired) electrons. The standard InChI is InChI=1S/C29H30O8S2/c30-20-21-9-11-22(12-10-21)28(31)23-13-14-25-24-7-1-2-8-26(24)29(27(25)19-23,15-3-5-17-38(32,33)34)16-4-6-18-39(35,36)37/h1-2,7-14,19-20H,3-6,15-18H2,(H,32,33,34)(H,35,36,37)/p-2. The summed E-state index contributed by atoms with van der Waals surface area (Å²) >= 11 is 0. The van der Waals surface area contributed by atoms with E-state index in [9.17, 15) is 35.5 Å². The average molecular weight is 569 g/mol. The van der Waals surface area contributed by atoms with Gasteiger partial charge in [-0.3, -0.25) is 9.59 Å². The molecule has 0 aliphatic heterocycles. The van der Waals surface area contributed by atoms with Crippen LogP contribution in [0.2, 0.25) is 0 Å². The lowest BCUT2D eigenvalue weighted by Crippen LogP contribution is -2.26. The monoisotopic (exact) mass is 568 g/mol. The van der Waals surface area contributed by atoms with E-state index in [0.29, 0.717) is 48.7 Å². The molecule has 8 nitrogen and oxygen atoms in total. The highest BCUT2D eigenvalue weighted by Crippen LogP contribution is 2.54. The zero-order valence-corrected chi connectivity index (χ0v) is 22.8. The van der Waals surface area contributed by atoms with E-state index in [1.54, 1.807) is 30.3 Å². The Bertz CT molecular complexity index is 1550. The Hall–Kier alpha value is -3.18. The number of unbranched alkanes of at least 4 members (excludes halogenated alkanes) is 2. The van der Waals surface area contributed by atoms with Gasteiger partial charge in [0.15, 0.2) is 5.78 Å². The molecule has 0 aromatic heterocycles. The molecule has 39 heavy (non-hydrogen) atoms. The van der Waals surface area contributed by atoms with Gasteiger partial charge < -0.3 is 9.11 Å². The van der Waals surface area contributed by atoms with E-state index < -0.39 is 37.2 Å². The number of hydrogen-bond acceptors (Lipinski definition) is 8. The smallest absolute Gasteiger partial charge is 0.193 e. The minimum absolute atomic E-state index is 0.168. The minimum Gasteiger partial charge on any atom is -0.748 e. The highest BCUT2D eigenvalue weighted by molar-refractivity contribution is 7.85. The van der Waals surface area contributed by atoms with E-state index in [1.807, 2.05) is 36.4 Å². The number of hydrogen-bond donors (Lipinski definition) is 0. The number of ketones is 1. The fourth-order valence-electron chi connectivity index (χ4n) is 5.55. The van der Waals surface area contributed by atoms with Gasteiger partial charge in [0.2, 0.25) is 0 Å². The van der Waals surface area contributed by atoms with Crippen LogP contribution in [0.5, 0.6) is 0 Å². The Kier molecular flexibility index (Phi) is 8.51. The predicted molar refractivity (Wildman–Crippen MR) is 145 cm³/mol. The maximum atomic E-state index is 13.4. The summed E-state index contributed by atoms with van der Waals surface area (Å²) in [5, 5.41) is 0. The van der Waals surface area contributed by atoms with Crippen LogP contribution in [-0.2, 0) is 25.7 Å². The summed E-state index contributed by atoms with van der Waals surface area (Å²) in [5.41, 5.74) is 4.39. The molecule has 3 aromatic rings. The first-order chi connectivity index (χ1) is 18.4. The number of rotatable bonds is 13. The maximum absolute atomic E-state index is 13.4. The third-order valence-corrected chi connectivity index (χ3v) is 8.91. The van der Waals surface area contributed by atoms with E-state index in [4.69, 9.17) is 0 Å².